The van der Waals surface area contributed by atoms with Crippen LogP contribution in [0.2, 0.25) is 0 Å². The van der Waals surface area contributed by atoms with Gasteiger partial charge in [0.05, 0.1) is 22.1 Å². The fourth-order valence-corrected chi connectivity index (χ4v) is 11.6. The number of hydrogen-bond acceptors (Lipinski definition) is 2. The molecule has 4 heterocycles. The molecule has 3 nitrogen and oxygen atoms in total. The van der Waals surface area contributed by atoms with Gasteiger partial charge in [0.2, 0.25) is 0 Å². The van der Waals surface area contributed by atoms with Gasteiger partial charge in [0, 0.05) is 75.0 Å². The van der Waals surface area contributed by atoms with Crippen molar-refractivity contribution in [3.63, 3.8) is 0 Å². The van der Waals surface area contributed by atoms with Crippen LogP contribution >= 0.6 is 11.3 Å². The molecule has 0 unspecified atom stereocenters. The lowest BCUT2D eigenvalue weighted by Crippen LogP contribution is -1.95. The van der Waals surface area contributed by atoms with E-state index in [1.54, 1.807) is 0 Å². The molecular formula is C58H34N2OS. The molecule has 14 rings (SSSR count). The maximum atomic E-state index is 6.88. The highest BCUT2D eigenvalue weighted by Crippen LogP contribution is 2.46. The van der Waals surface area contributed by atoms with Crippen LogP contribution in [-0.2, 0) is 0 Å². The Morgan fingerprint density at radius 2 is 1.08 bits per heavy atom. The molecule has 10 aromatic carbocycles. The molecule has 0 N–H and O–H groups in total. The lowest BCUT2D eigenvalue weighted by Gasteiger charge is -2.11. The predicted octanol–water partition coefficient (Wildman–Crippen LogP) is 16.6. The number of nitrogens with zero attached hydrogens (tertiary/aromatic N) is 2. The van der Waals surface area contributed by atoms with Gasteiger partial charge in [0.15, 0.2) is 0 Å². The minimum Gasteiger partial charge on any atom is -0.455 e. The number of furan rings is 1. The molecule has 0 aliphatic carbocycles. The van der Waals surface area contributed by atoms with E-state index in [1.807, 2.05) is 11.3 Å². The third kappa shape index (κ3) is 4.75. The Hall–Kier alpha value is -7.92. The van der Waals surface area contributed by atoms with E-state index in [0.717, 1.165) is 38.9 Å². The van der Waals surface area contributed by atoms with Crippen molar-refractivity contribution in [2.75, 3.05) is 0 Å². The molecule has 0 bridgehead atoms. The van der Waals surface area contributed by atoms with Crippen LogP contribution in [0.15, 0.2) is 211 Å². The zero-order valence-corrected chi connectivity index (χ0v) is 34.2. The molecule has 4 aromatic heterocycles. The molecule has 0 fully saturated rings. The third-order valence-corrected chi connectivity index (χ3v) is 14.3. The number of hydrogen-bond donors (Lipinski definition) is 0. The van der Waals surface area contributed by atoms with Gasteiger partial charge in [-0.15, -0.1) is 11.3 Å². The SMILES string of the molecule is c1ccc(-c2ccc3c(c2)c2ccc4c(c5ccccc5n4-c4ccc5ccccc5c4)c2n3-c2ccc3oc4c(-c5cccc6c5sc5ccccc56)cccc4c3c2)cc1. The van der Waals surface area contributed by atoms with Crippen molar-refractivity contribution >= 4 is 108 Å². The van der Waals surface area contributed by atoms with Crippen molar-refractivity contribution in [3.05, 3.63) is 206 Å². The van der Waals surface area contributed by atoms with Gasteiger partial charge < -0.3 is 13.6 Å². The van der Waals surface area contributed by atoms with Gasteiger partial charge in [-0.1, -0.05) is 146 Å². The third-order valence-electron chi connectivity index (χ3n) is 13.1. The van der Waals surface area contributed by atoms with Crippen LogP contribution < -0.4 is 0 Å². The van der Waals surface area contributed by atoms with E-state index in [4.69, 9.17) is 4.42 Å². The summed E-state index contributed by atoms with van der Waals surface area (Å²) in [5, 5.41) is 12.2. The summed E-state index contributed by atoms with van der Waals surface area (Å²) < 4.78 is 14.4. The Kier molecular flexibility index (Phi) is 6.99. The smallest absolute Gasteiger partial charge is 0.143 e. The van der Waals surface area contributed by atoms with E-state index in [-0.39, 0.29) is 0 Å². The van der Waals surface area contributed by atoms with Crippen molar-refractivity contribution in [2.24, 2.45) is 0 Å². The summed E-state index contributed by atoms with van der Waals surface area (Å²) in [7, 11) is 0. The summed E-state index contributed by atoms with van der Waals surface area (Å²) in [5.41, 5.74) is 13.5. The molecule has 0 radical (unpaired) electrons. The first kappa shape index (κ1) is 33.9. The number of rotatable bonds is 4. The largest absolute Gasteiger partial charge is 0.455 e. The summed E-state index contributed by atoms with van der Waals surface area (Å²) in [6.45, 7) is 0. The van der Waals surface area contributed by atoms with Gasteiger partial charge in [0.25, 0.3) is 0 Å². The van der Waals surface area contributed by atoms with E-state index >= 15 is 0 Å². The van der Waals surface area contributed by atoms with Gasteiger partial charge in [-0.3, -0.25) is 0 Å². The fraction of sp³-hybridized carbons (Fsp3) is 0. The molecule has 0 saturated heterocycles. The van der Waals surface area contributed by atoms with Gasteiger partial charge >= 0.3 is 0 Å². The Bertz CT molecular complexity index is 4160. The molecular weight excluding hydrogens is 773 g/mol. The van der Waals surface area contributed by atoms with E-state index in [1.165, 1.54) is 91.2 Å². The lowest BCUT2D eigenvalue weighted by molar-refractivity contribution is 0.670. The van der Waals surface area contributed by atoms with E-state index in [0.29, 0.717) is 0 Å². The van der Waals surface area contributed by atoms with Crippen molar-refractivity contribution < 1.29 is 4.42 Å². The van der Waals surface area contributed by atoms with Gasteiger partial charge in [-0.2, -0.15) is 0 Å². The van der Waals surface area contributed by atoms with Crippen LogP contribution in [0.1, 0.15) is 0 Å². The van der Waals surface area contributed by atoms with Crippen LogP contribution in [0.3, 0.4) is 0 Å². The number of para-hydroxylation sites is 2. The van der Waals surface area contributed by atoms with E-state index in [9.17, 15) is 0 Å². The highest BCUT2D eigenvalue weighted by atomic mass is 32.1. The molecule has 14 aromatic rings. The fourth-order valence-electron chi connectivity index (χ4n) is 10.3. The first-order valence-electron chi connectivity index (χ1n) is 21.2. The highest BCUT2D eigenvalue weighted by molar-refractivity contribution is 7.26. The summed E-state index contributed by atoms with van der Waals surface area (Å²) in [5.74, 6) is 0. The van der Waals surface area contributed by atoms with Crippen LogP contribution in [-0.4, -0.2) is 9.13 Å². The normalized spacial score (nSPS) is 12.2. The summed E-state index contributed by atoms with van der Waals surface area (Å²) in [4.78, 5) is 0. The van der Waals surface area contributed by atoms with Crippen molar-refractivity contribution in [1.29, 1.82) is 0 Å². The first-order chi connectivity index (χ1) is 30.7. The highest BCUT2D eigenvalue weighted by Gasteiger charge is 2.23. The summed E-state index contributed by atoms with van der Waals surface area (Å²) in [6, 6.07) is 75.4. The minimum absolute atomic E-state index is 0.880. The number of fused-ring (bicyclic) bond motifs is 14. The second kappa shape index (κ2) is 12.8. The summed E-state index contributed by atoms with van der Waals surface area (Å²) >= 11 is 1.86. The standard InChI is InChI=1S/C58H34N2OS/c1-2-12-35(13-3-1)38-25-29-51-48(33-38)42-28-30-52-55(47-17-6-8-22-50(47)59(52)39-26-24-36-14-4-5-15-37(36)32-39)56(42)60(51)40-27-31-53-49(34-40)44-19-10-18-43(57(44)61-53)46-21-11-20-45-41-16-7-9-23-54(41)62-58(45)46/h1-34H. The van der Waals surface area contributed by atoms with Crippen molar-refractivity contribution in [2.45, 2.75) is 0 Å². The van der Waals surface area contributed by atoms with E-state index in [2.05, 4.69) is 215 Å². The average molecular weight is 807 g/mol. The maximum Gasteiger partial charge on any atom is 0.143 e. The zero-order valence-electron chi connectivity index (χ0n) is 33.3. The van der Waals surface area contributed by atoms with Gasteiger partial charge in [-0.25, -0.2) is 0 Å². The molecule has 0 atom stereocenters. The summed E-state index contributed by atoms with van der Waals surface area (Å²) in [6.07, 6.45) is 0. The molecule has 62 heavy (non-hydrogen) atoms. The number of benzene rings is 10. The lowest BCUT2D eigenvalue weighted by atomic mass is 10.00. The van der Waals surface area contributed by atoms with Crippen LogP contribution in [0.5, 0.6) is 0 Å². The molecule has 0 saturated carbocycles. The maximum absolute atomic E-state index is 6.88. The second-order valence-corrected chi connectivity index (χ2v) is 17.5. The van der Waals surface area contributed by atoms with Crippen molar-refractivity contribution in [3.8, 4) is 33.6 Å². The molecule has 0 spiro atoms. The quantitative estimate of drug-likeness (QED) is 0.174. The van der Waals surface area contributed by atoms with Crippen LogP contribution in [0.4, 0.5) is 0 Å². The average Bonchev–Trinajstić information content (AvgIpc) is 4.09. The first-order valence-corrected chi connectivity index (χ1v) is 22.0. The van der Waals surface area contributed by atoms with Crippen LogP contribution in [0.25, 0.3) is 130 Å². The molecule has 0 aliphatic heterocycles. The minimum atomic E-state index is 0.880. The topological polar surface area (TPSA) is 23.0 Å². The Labute approximate surface area is 359 Å². The molecule has 4 heteroatoms. The molecule has 0 aliphatic rings. The van der Waals surface area contributed by atoms with Crippen molar-refractivity contribution in [1.82, 2.24) is 9.13 Å². The monoisotopic (exact) mass is 806 g/mol. The predicted molar refractivity (Wildman–Crippen MR) is 264 cm³/mol. The Morgan fingerprint density at radius 3 is 2.00 bits per heavy atom. The van der Waals surface area contributed by atoms with Crippen LogP contribution in [0, 0.1) is 0 Å². The number of aromatic nitrogens is 2. The second-order valence-electron chi connectivity index (χ2n) is 16.4. The zero-order chi connectivity index (χ0) is 40.5. The van der Waals surface area contributed by atoms with E-state index < -0.39 is 0 Å². The van der Waals surface area contributed by atoms with Gasteiger partial charge in [-0.05, 0) is 82.6 Å². The Balaban J connectivity index is 1.05. The van der Waals surface area contributed by atoms with Gasteiger partial charge in [0.1, 0.15) is 11.2 Å². The molecule has 0 amide bonds. The molecule has 288 valence electrons. The Morgan fingerprint density at radius 1 is 0.371 bits per heavy atom. The number of thiophene rings is 1.